The lowest BCUT2D eigenvalue weighted by Crippen LogP contribution is -2.19. The van der Waals surface area contributed by atoms with Crippen LogP contribution in [0.4, 0.5) is 10.1 Å². The number of nitrogens with one attached hydrogen (secondary N) is 1. The first kappa shape index (κ1) is 16.9. The summed E-state index contributed by atoms with van der Waals surface area (Å²) >= 11 is 1.15. The summed E-state index contributed by atoms with van der Waals surface area (Å²) in [6.07, 6.45) is 1.61. The fraction of sp³-hybridized carbons (Fsp3) is 0.0556. The Bertz CT molecular complexity index is 891. The summed E-state index contributed by atoms with van der Waals surface area (Å²) in [6.45, 7) is 0. The number of carbonyl (C=O) groups is 2. The van der Waals surface area contributed by atoms with Crippen LogP contribution in [-0.2, 0) is 9.53 Å². The normalized spacial score (nSPS) is 17.0. The molecule has 126 valence electrons. The molecule has 0 saturated carbocycles. The molecular formula is C18H13FN2O3S. The number of esters is 1. The van der Waals surface area contributed by atoms with Crippen molar-refractivity contribution in [1.29, 1.82) is 0 Å². The number of amides is 1. The first-order valence-corrected chi connectivity index (χ1v) is 8.11. The molecule has 2 aromatic carbocycles. The van der Waals surface area contributed by atoms with E-state index >= 15 is 0 Å². The van der Waals surface area contributed by atoms with Gasteiger partial charge in [-0.25, -0.2) is 14.2 Å². The van der Waals surface area contributed by atoms with Gasteiger partial charge in [0, 0.05) is 0 Å². The molecule has 1 aliphatic heterocycles. The van der Waals surface area contributed by atoms with Crippen molar-refractivity contribution in [3.8, 4) is 0 Å². The third-order valence-electron chi connectivity index (χ3n) is 3.36. The number of halogens is 1. The summed E-state index contributed by atoms with van der Waals surface area (Å²) in [5.74, 6) is -1.14. The smallest absolute Gasteiger partial charge is 0.338 e. The second-order valence-corrected chi connectivity index (χ2v) is 6.07. The highest BCUT2D eigenvalue weighted by atomic mass is 32.2. The first-order chi connectivity index (χ1) is 12.1. The molecule has 1 heterocycles. The Morgan fingerprint density at radius 2 is 1.92 bits per heavy atom. The Labute approximate surface area is 147 Å². The van der Waals surface area contributed by atoms with Crippen LogP contribution in [0.2, 0.25) is 0 Å². The van der Waals surface area contributed by atoms with E-state index in [9.17, 15) is 14.0 Å². The van der Waals surface area contributed by atoms with E-state index in [0.717, 1.165) is 11.8 Å². The Morgan fingerprint density at radius 1 is 1.20 bits per heavy atom. The number of nitrogens with zero attached hydrogens (tertiary/aromatic N) is 1. The summed E-state index contributed by atoms with van der Waals surface area (Å²) in [5, 5.41) is 3.03. The van der Waals surface area contributed by atoms with Gasteiger partial charge in [-0.3, -0.25) is 4.79 Å². The van der Waals surface area contributed by atoms with Crippen molar-refractivity contribution < 1.29 is 18.7 Å². The average Bonchev–Trinajstić information content (AvgIpc) is 2.96. The summed E-state index contributed by atoms with van der Waals surface area (Å²) in [7, 11) is 1.30. The van der Waals surface area contributed by atoms with Crippen molar-refractivity contribution in [2.24, 2.45) is 4.99 Å². The van der Waals surface area contributed by atoms with Crippen molar-refractivity contribution in [2.45, 2.75) is 0 Å². The van der Waals surface area contributed by atoms with E-state index in [1.807, 2.05) is 0 Å². The minimum atomic E-state index is -0.476. The lowest BCUT2D eigenvalue weighted by atomic mass is 10.1. The molecule has 0 unspecified atom stereocenters. The highest BCUT2D eigenvalue weighted by Gasteiger charge is 2.24. The molecule has 1 N–H and O–H groups in total. The lowest BCUT2D eigenvalue weighted by molar-refractivity contribution is -0.115. The molecule has 0 aliphatic carbocycles. The molecule has 0 spiro atoms. The van der Waals surface area contributed by atoms with Crippen LogP contribution < -0.4 is 5.32 Å². The van der Waals surface area contributed by atoms with E-state index in [1.54, 1.807) is 30.3 Å². The van der Waals surface area contributed by atoms with Gasteiger partial charge in [0.05, 0.1) is 23.3 Å². The number of rotatable bonds is 3. The van der Waals surface area contributed by atoms with Crippen molar-refractivity contribution in [2.75, 3.05) is 7.11 Å². The predicted octanol–water partition coefficient (Wildman–Crippen LogP) is 3.50. The van der Waals surface area contributed by atoms with Crippen LogP contribution in [0, 0.1) is 5.82 Å². The summed E-state index contributed by atoms with van der Waals surface area (Å²) < 4.78 is 17.7. The van der Waals surface area contributed by atoms with Gasteiger partial charge in [-0.15, -0.1) is 0 Å². The van der Waals surface area contributed by atoms with Gasteiger partial charge in [0.15, 0.2) is 5.17 Å². The summed E-state index contributed by atoms with van der Waals surface area (Å²) in [6, 6.07) is 12.5. The van der Waals surface area contributed by atoms with Gasteiger partial charge >= 0.3 is 5.97 Å². The second-order valence-electron chi connectivity index (χ2n) is 5.04. The van der Waals surface area contributed by atoms with Crippen LogP contribution in [0.15, 0.2) is 58.4 Å². The topological polar surface area (TPSA) is 67.8 Å². The number of amidine groups is 1. The molecule has 1 saturated heterocycles. The molecule has 0 radical (unpaired) electrons. The number of benzene rings is 2. The largest absolute Gasteiger partial charge is 0.465 e. The Balaban J connectivity index is 1.87. The SMILES string of the molecule is COC(=O)c1ccccc1/C=C1\SC(=Nc2ccc(F)cc2)NC1=O. The number of methoxy groups -OCH3 is 1. The fourth-order valence-electron chi connectivity index (χ4n) is 2.17. The summed E-state index contributed by atoms with van der Waals surface area (Å²) in [4.78, 5) is 28.6. The zero-order valence-electron chi connectivity index (χ0n) is 13.2. The molecule has 1 aliphatic rings. The van der Waals surface area contributed by atoms with Crippen molar-refractivity contribution in [1.82, 2.24) is 5.32 Å². The van der Waals surface area contributed by atoms with Crippen LogP contribution in [0.3, 0.4) is 0 Å². The zero-order valence-corrected chi connectivity index (χ0v) is 14.0. The van der Waals surface area contributed by atoms with Crippen molar-refractivity contribution in [3.05, 3.63) is 70.4 Å². The van der Waals surface area contributed by atoms with E-state index in [2.05, 4.69) is 10.3 Å². The highest BCUT2D eigenvalue weighted by molar-refractivity contribution is 8.18. The monoisotopic (exact) mass is 356 g/mol. The third-order valence-corrected chi connectivity index (χ3v) is 4.27. The van der Waals surface area contributed by atoms with E-state index in [-0.39, 0.29) is 11.7 Å². The lowest BCUT2D eigenvalue weighted by Gasteiger charge is -2.03. The molecular weight excluding hydrogens is 343 g/mol. The molecule has 0 atom stereocenters. The standard InChI is InChI=1S/C18H13FN2O3S/c1-24-17(23)14-5-3-2-4-11(14)10-15-16(22)21-18(25-15)20-13-8-6-12(19)7-9-13/h2-10H,1H3,(H,20,21,22)/b15-10-. The first-order valence-electron chi connectivity index (χ1n) is 7.29. The molecule has 0 aromatic heterocycles. The maximum Gasteiger partial charge on any atom is 0.338 e. The maximum atomic E-state index is 12.9. The number of ether oxygens (including phenoxy) is 1. The number of hydrogen-bond acceptors (Lipinski definition) is 5. The van der Waals surface area contributed by atoms with Gasteiger partial charge in [-0.2, -0.15) is 0 Å². The van der Waals surface area contributed by atoms with Gasteiger partial charge in [-0.05, 0) is 53.7 Å². The second kappa shape index (κ2) is 7.31. The highest BCUT2D eigenvalue weighted by Crippen LogP contribution is 2.29. The molecule has 0 bridgehead atoms. The number of thioether (sulfide) groups is 1. The molecule has 3 rings (SSSR count). The van der Waals surface area contributed by atoms with Gasteiger partial charge in [0.25, 0.3) is 5.91 Å². The quantitative estimate of drug-likeness (QED) is 0.675. The van der Waals surface area contributed by atoms with Gasteiger partial charge in [0.1, 0.15) is 5.82 Å². The average molecular weight is 356 g/mol. The van der Waals surface area contributed by atoms with Crippen LogP contribution in [0.1, 0.15) is 15.9 Å². The number of carbonyl (C=O) groups excluding carboxylic acids is 2. The molecule has 7 heteroatoms. The minimum absolute atomic E-state index is 0.314. The molecule has 1 amide bonds. The minimum Gasteiger partial charge on any atom is -0.465 e. The van der Waals surface area contributed by atoms with Crippen LogP contribution in [0.5, 0.6) is 0 Å². The molecule has 5 nitrogen and oxygen atoms in total. The Hall–Kier alpha value is -2.93. The number of aliphatic imine (C=N–C) groups is 1. The van der Waals surface area contributed by atoms with Crippen LogP contribution >= 0.6 is 11.8 Å². The van der Waals surface area contributed by atoms with Gasteiger partial charge in [0.2, 0.25) is 0 Å². The predicted molar refractivity (Wildman–Crippen MR) is 95.0 cm³/mol. The maximum absolute atomic E-state index is 12.9. The zero-order chi connectivity index (χ0) is 17.8. The van der Waals surface area contributed by atoms with Gasteiger partial charge < -0.3 is 10.1 Å². The Morgan fingerprint density at radius 3 is 2.64 bits per heavy atom. The van der Waals surface area contributed by atoms with E-state index in [1.165, 1.54) is 31.4 Å². The fourth-order valence-corrected chi connectivity index (χ4v) is 3.01. The summed E-state index contributed by atoms with van der Waals surface area (Å²) in [5.41, 5.74) is 1.48. The molecule has 25 heavy (non-hydrogen) atoms. The van der Waals surface area contributed by atoms with E-state index in [4.69, 9.17) is 4.74 Å². The molecule has 2 aromatic rings. The third kappa shape index (κ3) is 3.95. The van der Waals surface area contributed by atoms with Crippen LogP contribution in [-0.4, -0.2) is 24.2 Å². The van der Waals surface area contributed by atoms with Crippen LogP contribution in [0.25, 0.3) is 6.08 Å². The van der Waals surface area contributed by atoms with Crippen molar-refractivity contribution >= 4 is 40.6 Å². The Kier molecular flexibility index (Phi) is 4.95. The van der Waals surface area contributed by atoms with Gasteiger partial charge in [-0.1, -0.05) is 18.2 Å². The molecule has 1 fully saturated rings. The van der Waals surface area contributed by atoms with E-state index < -0.39 is 5.97 Å². The van der Waals surface area contributed by atoms with E-state index in [0.29, 0.717) is 26.9 Å². The number of hydrogen-bond donors (Lipinski definition) is 1. The van der Waals surface area contributed by atoms with Crippen molar-refractivity contribution in [3.63, 3.8) is 0 Å².